The summed E-state index contributed by atoms with van der Waals surface area (Å²) in [6, 6.07) is 0.0441. The highest BCUT2D eigenvalue weighted by atomic mass is 28.3. The quantitative estimate of drug-likeness (QED) is 0.657. The van der Waals surface area contributed by atoms with E-state index in [-0.39, 0.29) is 12.1 Å². The zero-order valence-corrected chi connectivity index (χ0v) is 10.4. The summed E-state index contributed by atoms with van der Waals surface area (Å²) in [6.07, 6.45) is 1.65. The topological polar surface area (TPSA) is 63.0 Å². The van der Waals surface area contributed by atoms with E-state index < -0.39 is 8.07 Å². The van der Waals surface area contributed by atoms with Gasteiger partial charge in [0, 0.05) is 19.3 Å². The second kappa shape index (κ2) is 3.69. The summed E-state index contributed by atoms with van der Waals surface area (Å²) in [7, 11) is -1.38. The molecule has 0 amide bonds. The number of nitrogens with zero attached hydrogens (tertiary/aromatic N) is 3. The predicted molar refractivity (Wildman–Crippen MR) is 60.9 cm³/mol. The van der Waals surface area contributed by atoms with E-state index >= 15 is 0 Å². The van der Waals surface area contributed by atoms with Gasteiger partial charge in [0.25, 0.3) is 0 Å². The van der Waals surface area contributed by atoms with Crippen LogP contribution < -0.4 is 10.6 Å². The number of aliphatic hydroxyl groups excluding tert-OH is 1. The van der Waals surface area contributed by atoms with Crippen molar-refractivity contribution in [2.75, 3.05) is 13.1 Å². The summed E-state index contributed by atoms with van der Waals surface area (Å²) in [5.74, 6) is 0. The van der Waals surface area contributed by atoms with Gasteiger partial charge in [-0.25, -0.2) is 4.68 Å². The van der Waals surface area contributed by atoms with E-state index in [1.54, 1.807) is 4.68 Å². The number of hydrogen-bond acceptors (Lipinski definition) is 4. The maximum absolute atomic E-state index is 9.71. The molecule has 0 aliphatic carbocycles. The number of aromatic nitrogens is 3. The molecule has 2 rings (SSSR count). The highest BCUT2D eigenvalue weighted by molar-refractivity contribution is 6.88. The molecule has 5 nitrogen and oxygen atoms in total. The summed E-state index contributed by atoms with van der Waals surface area (Å²) < 4.78 is 1.80. The van der Waals surface area contributed by atoms with Crippen LogP contribution in [0, 0.1) is 0 Å². The minimum absolute atomic E-state index is 0.0441. The molecule has 1 aliphatic heterocycles. The lowest BCUT2D eigenvalue weighted by molar-refractivity contribution is 0.144. The van der Waals surface area contributed by atoms with Crippen LogP contribution in [0.5, 0.6) is 0 Å². The number of β-amino-alcohol motifs (C(OH)–C–C–N with tert-alkyl or cyclic N) is 1. The van der Waals surface area contributed by atoms with Crippen molar-refractivity contribution in [3.8, 4) is 0 Å². The Hall–Kier alpha value is -0.723. The van der Waals surface area contributed by atoms with Gasteiger partial charge >= 0.3 is 0 Å². The molecule has 15 heavy (non-hydrogen) atoms. The van der Waals surface area contributed by atoms with Crippen LogP contribution >= 0.6 is 0 Å². The first-order chi connectivity index (χ1) is 6.98. The van der Waals surface area contributed by atoms with E-state index in [0.717, 1.165) is 11.9 Å². The van der Waals surface area contributed by atoms with Gasteiger partial charge in [-0.2, -0.15) is 0 Å². The zero-order chi connectivity index (χ0) is 11.1. The highest BCUT2D eigenvalue weighted by Crippen LogP contribution is 2.13. The molecule has 1 fully saturated rings. The lowest BCUT2D eigenvalue weighted by Crippen LogP contribution is -2.38. The highest BCUT2D eigenvalue weighted by Gasteiger charge is 2.29. The van der Waals surface area contributed by atoms with Crippen LogP contribution in [0.1, 0.15) is 6.04 Å². The second-order valence-electron chi connectivity index (χ2n) is 5.13. The third-order valence-electron chi connectivity index (χ3n) is 2.77. The van der Waals surface area contributed by atoms with Crippen molar-refractivity contribution in [2.45, 2.75) is 31.8 Å². The Morgan fingerprint density at radius 3 is 2.67 bits per heavy atom. The molecule has 1 aliphatic rings. The summed E-state index contributed by atoms with van der Waals surface area (Å²) in [6.45, 7) is 8.14. The third-order valence-corrected chi connectivity index (χ3v) is 4.54. The Morgan fingerprint density at radius 1 is 1.47 bits per heavy atom. The van der Waals surface area contributed by atoms with Crippen LogP contribution in [-0.2, 0) is 0 Å². The van der Waals surface area contributed by atoms with Crippen molar-refractivity contribution in [1.82, 2.24) is 20.3 Å². The molecule has 0 aromatic carbocycles. The van der Waals surface area contributed by atoms with Gasteiger partial charge in [0.15, 0.2) is 0 Å². The fraction of sp³-hybridized carbons (Fsp3) is 0.778. The van der Waals surface area contributed by atoms with Crippen molar-refractivity contribution in [1.29, 1.82) is 0 Å². The molecule has 2 atom stereocenters. The Kier molecular flexibility index (Phi) is 2.66. The average molecular weight is 226 g/mol. The first-order valence-electron chi connectivity index (χ1n) is 5.29. The first-order valence-corrected chi connectivity index (χ1v) is 8.79. The molecule has 0 radical (unpaired) electrons. The summed E-state index contributed by atoms with van der Waals surface area (Å²) in [4.78, 5) is 0. The lowest BCUT2D eigenvalue weighted by atomic mass is 10.2. The largest absolute Gasteiger partial charge is 0.390 e. The van der Waals surface area contributed by atoms with E-state index in [9.17, 15) is 5.11 Å². The normalized spacial score (nSPS) is 27.2. The molecular formula is C9H18N4OSi. The van der Waals surface area contributed by atoms with Crippen LogP contribution in [-0.4, -0.2) is 47.4 Å². The van der Waals surface area contributed by atoms with Gasteiger partial charge in [-0.3, -0.25) is 0 Å². The lowest BCUT2D eigenvalue weighted by Gasteiger charge is -2.13. The molecule has 0 unspecified atom stereocenters. The Morgan fingerprint density at radius 2 is 2.20 bits per heavy atom. The zero-order valence-electron chi connectivity index (χ0n) is 9.44. The number of hydrogen-bond donors (Lipinski definition) is 2. The molecule has 1 aromatic rings. The van der Waals surface area contributed by atoms with Gasteiger partial charge in [0.1, 0.15) is 8.07 Å². The SMILES string of the molecule is C[Si](C)(C)c1cn([C@@H]2CNC[C@H]2O)nn1. The van der Waals surface area contributed by atoms with Gasteiger partial charge in [-0.05, 0) is 0 Å². The third kappa shape index (κ3) is 2.11. The molecule has 0 spiro atoms. The molecule has 0 bridgehead atoms. The molecular weight excluding hydrogens is 208 g/mol. The van der Waals surface area contributed by atoms with Crippen molar-refractivity contribution >= 4 is 13.4 Å². The molecule has 2 N–H and O–H groups in total. The van der Waals surface area contributed by atoms with E-state index in [1.807, 2.05) is 6.20 Å². The van der Waals surface area contributed by atoms with Gasteiger partial charge < -0.3 is 10.4 Å². The van der Waals surface area contributed by atoms with E-state index in [2.05, 4.69) is 35.3 Å². The smallest absolute Gasteiger partial charge is 0.106 e. The van der Waals surface area contributed by atoms with Gasteiger partial charge in [0.05, 0.1) is 17.5 Å². The van der Waals surface area contributed by atoms with Crippen molar-refractivity contribution < 1.29 is 5.11 Å². The van der Waals surface area contributed by atoms with Crippen LogP contribution in [0.25, 0.3) is 0 Å². The van der Waals surface area contributed by atoms with Crippen molar-refractivity contribution in [2.24, 2.45) is 0 Å². The summed E-state index contributed by atoms with van der Waals surface area (Å²) in [5.41, 5.74) is 0. The predicted octanol–water partition coefficient (Wildman–Crippen LogP) is -0.671. The van der Waals surface area contributed by atoms with Gasteiger partial charge in [-0.1, -0.05) is 24.9 Å². The van der Waals surface area contributed by atoms with Crippen LogP contribution in [0.4, 0.5) is 0 Å². The fourth-order valence-electron chi connectivity index (χ4n) is 1.70. The second-order valence-corrected chi connectivity index (χ2v) is 10.1. The molecule has 2 heterocycles. The standard InChI is InChI=1S/C9H18N4OSi/c1-15(2,3)9-6-13(12-11-9)7-4-10-5-8(7)14/h6-8,10,14H,4-5H2,1-3H3/t7-,8-/m1/s1. The fourth-order valence-corrected chi connectivity index (χ4v) is 2.57. The van der Waals surface area contributed by atoms with Crippen LogP contribution in [0.2, 0.25) is 19.6 Å². The minimum atomic E-state index is -1.38. The molecule has 0 saturated carbocycles. The Balaban J connectivity index is 2.20. The van der Waals surface area contributed by atoms with Gasteiger partial charge in [0.2, 0.25) is 0 Å². The molecule has 1 aromatic heterocycles. The van der Waals surface area contributed by atoms with Crippen molar-refractivity contribution in [3.63, 3.8) is 0 Å². The number of aliphatic hydroxyl groups is 1. The maximum atomic E-state index is 9.71. The average Bonchev–Trinajstić information content (AvgIpc) is 2.69. The van der Waals surface area contributed by atoms with Crippen LogP contribution in [0.3, 0.4) is 0 Å². The van der Waals surface area contributed by atoms with E-state index in [0.29, 0.717) is 6.54 Å². The summed E-state index contributed by atoms with van der Waals surface area (Å²) in [5, 5.41) is 22.3. The van der Waals surface area contributed by atoms with E-state index in [1.165, 1.54) is 0 Å². The van der Waals surface area contributed by atoms with E-state index in [4.69, 9.17) is 0 Å². The minimum Gasteiger partial charge on any atom is -0.390 e. The molecule has 6 heteroatoms. The van der Waals surface area contributed by atoms with Gasteiger partial charge in [-0.15, -0.1) is 5.10 Å². The Bertz CT molecular complexity index is 346. The molecule has 84 valence electrons. The Labute approximate surface area is 90.5 Å². The maximum Gasteiger partial charge on any atom is 0.106 e. The first kappa shape index (κ1) is 10.8. The number of nitrogens with one attached hydrogen (secondary N) is 1. The number of rotatable bonds is 2. The van der Waals surface area contributed by atoms with Crippen LogP contribution in [0.15, 0.2) is 6.20 Å². The molecule has 1 saturated heterocycles. The van der Waals surface area contributed by atoms with Crippen molar-refractivity contribution in [3.05, 3.63) is 6.20 Å². The monoisotopic (exact) mass is 226 g/mol. The summed E-state index contributed by atoms with van der Waals surface area (Å²) >= 11 is 0.